The first-order chi connectivity index (χ1) is 7.74. The van der Waals surface area contributed by atoms with Crippen LogP contribution in [0.1, 0.15) is 42.7 Å². The lowest BCUT2D eigenvalue weighted by atomic mass is 9.93. The van der Waals surface area contributed by atoms with E-state index >= 15 is 0 Å². The third-order valence-corrected chi connectivity index (χ3v) is 5.20. The van der Waals surface area contributed by atoms with Crippen molar-refractivity contribution in [2.45, 2.75) is 44.7 Å². The Hall–Kier alpha value is 0.350. The maximum Gasteiger partial charge on any atom is 0.0659 e. The van der Waals surface area contributed by atoms with Gasteiger partial charge in [0, 0.05) is 17.0 Å². The Morgan fingerprint density at radius 1 is 1.69 bits per heavy atom. The molecule has 1 heterocycles. The van der Waals surface area contributed by atoms with E-state index in [9.17, 15) is 5.11 Å². The summed E-state index contributed by atoms with van der Waals surface area (Å²) in [5.41, 5.74) is 1.48. The topological polar surface area (TPSA) is 32.3 Å². The molecule has 1 unspecified atom stereocenters. The Labute approximate surface area is 115 Å². The molecule has 2 rings (SSSR count). The summed E-state index contributed by atoms with van der Waals surface area (Å²) in [4.78, 5) is 1.54. The monoisotopic (exact) mass is 351 g/mol. The highest BCUT2D eigenvalue weighted by Gasteiger charge is 2.23. The molecule has 1 aromatic rings. The summed E-state index contributed by atoms with van der Waals surface area (Å²) in [6.45, 7) is 2.36. The third-order valence-electron chi connectivity index (χ3n) is 3.23. The fraction of sp³-hybridized carbons (Fsp3) is 0.667. The van der Waals surface area contributed by atoms with Gasteiger partial charge in [-0.15, -0.1) is 11.3 Å². The van der Waals surface area contributed by atoms with E-state index in [2.05, 4.69) is 40.9 Å². The zero-order valence-electron chi connectivity index (χ0n) is 9.50. The maximum atomic E-state index is 9.25. The molecule has 0 aliphatic heterocycles. The molecular weight excluding hydrogens is 333 g/mol. The molecule has 4 heteroatoms. The molecule has 1 aliphatic carbocycles. The summed E-state index contributed by atoms with van der Waals surface area (Å²) in [5.74, 6) is 0. The quantitative estimate of drug-likeness (QED) is 0.818. The van der Waals surface area contributed by atoms with Crippen molar-refractivity contribution in [3.8, 4) is 0 Å². The van der Waals surface area contributed by atoms with Gasteiger partial charge in [-0.25, -0.2) is 0 Å². The lowest BCUT2D eigenvalue weighted by molar-refractivity contribution is 0.223. The highest BCUT2D eigenvalue weighted by molar-refractivity contribution is 14.1. The number of hydrogen-bond donors (Lipinski definition) is 2. The van der Waals surface area contributed by atoms with Crippen LogP contribution in [-0.2, 0) is 6.42 Å². The average Bonchev–Trinajstić information content (AvgIpc) is 2.67. The Balaban J connectivity index is 2.12. The van der Waals surface area contributed by atoms with Gasteiger partial charge in [0.25, 0.3) is 0 Å². The summed E-state index contributed by atoms with van der Waals surface area (Å²) in [6, 6.07) is 3.01. The summed E-state index contributed by atoms with van der Waals surface area (Å²) in [7, 11) is 0. The van der Waals surface area contributed by atoms with Crippen molar-refractivity contribution in [2.24, 2.45) is 0 Å². The van der Waals surface area contributed by atoms with Crippen LogP contribution < -0.4 is 5.32 Å². The summed E-state index contributed by atoms with van der Waals surface area (Å²) in [5, 5.41) is 12.8. The van der Waals surface area contributed by atoms with Gasteiger partial charge in [-0.1, -0.05) is 6.92 Å². The number of halogens is 1. The fourth-order valence-corrected chi connectivity index (χ4v) is 4.40. The summed E-state index contributed by atoms with van der Waals surface area (Å²) >= 11 is 4.32. The summed E-state index contributed by atoms with van der Waals surface area (Å²) < 4.78 is 1.38. The van der Waals surface area contributed by atoms with Crippen LogP contribution in [0.2, 0.25) is 0 Å². The van der Waals surface area contributed by atoms with Crippen LogP contribution in [-0.4, -0.2) is 17.8 Å². The highest BCUT2D eigenvalue weighted by Crippen LogP contribution is 2.36. The van der Waals surface area contributed by atoms with Gasteiger partial charge in [-0.3, -0.25) is 0 Å². The van der Waals surface area contributed by atoms with E-state index in [1.807, 2.05) is 11.3 Å². The number of thiophene rings is 1. The number of rotatable bonds is 4. The SMILES string of the molecule is CC[C@@H](CO)NC1CCCc2sc(I)cc21. The molecule has 0 bridgehead atoms. The molecule has 16 heavy (non-hydrogen) atoms. The van der Waals surface area contributed by atoms with E-state index in [4.69, 9.17) is 0 Å². The van der Waals surface area contributed by atoms with Gasteiger partial charge in [-0.05, 0) is 59.9 Å². The number of aliphatic hydroxyl groups is 1. The average molecular weight is 351 g/mol. The normalized spacial score (nSPS) is 21.8. The zero-order valence-corrected chi connectivity index (χ0v) is 12.5. The van der Waals surface area contributed by atoms with E-state index < -0.39 is 0 Å². The molecular formula is C12H18INOS. The smallest absolute Gasteiger partial charge is 0.0659 e. The van der Waals surface area contributed by atoms with E-state index in [-0.39, 0.29) is 12.6 Å². The van der Waals surface area contributed by atoms with Crippen molar-refractivity contribution in [1.29, 1.82) is 0 Å². The number of nitrogens with one attached hydrogen (secondary N) is 1. The van der Waals surface area contributed by atoms with Crippen molar-refractivity contribution in [3.05, 3.63) is 19.4 Å². The van der Waals surface area contributed by atoms with Crippen molar-refractivity contribution < 1.29 is 5.11 Å². The lowest BCUT2D eigenvalue weighted by Crippen LogP contribution is -2.36. The molecule has 0 saturated carbocycles. The van der Waals surface area contributed by atoms with E-state index in [1.54, 1.807) is 4.88 Å². The van der Waals surface area contributed by atoms with E-state index in [1.165, 1.54) is 27.7 Å². The Kier molecular flexibility index (Phi) is 4.64. The second kappa shape index (κ2) is 5.80. The third kappa shape index (κ3) is 2.78. The standard InChI is InChI=1S/C12H18INOS/c1-2-8(7-15)14-10-4-3-5-11-9(10)6-12(13)16-11/h6,8,10,14-15H,2-5,7H2,1H3/t8-,10?/m0/s1. The van der Waals surface area contributed by atoms with Crippen LogP contribution in [0, 0.1) is 2.88 Å². The molecule has 1 aliphatic rings. The van der Waals surface area contributed by atoms with Crippen LogP contribution >= 0.6 is 33.9 Å². The zero-order chi connectivity index (χ0) is 11.5. The number of aryl methyl sites for hydroxylation is 1. The molecule has 0 aromatic carbocycles. The van der Waals surface area contributed by atoms with Crippen molar-refractivity contribution in [2.75, 3.05) is 6.61 Å². The van der Waals surface area contributed by atoms with Gasteiger partial charge in [0.05, 0.1) is 9.49 Å². The number of aliphatic hydroxyl groups excluding tert-OH is 1. The van der Waals surface area contributed by atoms with E-state index in [0.717, 1.165) is 6.42 Å². The molecule has 0 saturated heterocycles. The van der Waals surface area contributed by atoms with E-state index in [0.29, 0.717) is 6.04 Å². The first-order valence-corrected chi connectivity index (χ1v) is 7.79. The van der Waals surface area contributed by atoms with Gasteiger partial charge in [0.1, 0.15) is 0 Å². The van der Waals surface area contributed by atoms with Crippen molar-refractivity contribution >= 4 is 33.9 Å². The Bertz CT molecular complexity index is 349. The van der Waals surface area contributed by atoms with Crippen molar-refractivity contribution in [3.63, 3.8) is 0 Å². The fourth-order valence-electron chi connectivity index (χ4n) is 2.28. The minimum absolute atomic E-state index is 0.240. The van der Waals surface area contributed by atoms with Crippen LogP contribution in [0.4, 0.5) is 0 Å². The number of hydrogen-bond acceptors (Lipinski definition) is 3. The van der Waals surface area contributed by atoms with Crippen LogP contribution in [0.15, 0.2) is 6.07 Å². The second-order valence-electron chi connectivity index (χ2n) is 4.33. The highest BCUT2D eigenvalue weighted by atomic mass is 127. The summed E-state index contributed by atoms with van der Waals surface area (Å²) in [6.07, 6.45) is 4.69. The molecule has 0 spiro atoms. The molecule has 90 valence electrons. The molecule has 0 fully saturated rings. The van der Waals surface area contributed by atoms with Gasteiger partial charge in [-0.2, -0.15) is 0 Å². The minimum atomic E-state index is 0.240. The lowest BCUT2D eigenvalue weighted by Gasteiger charge is -2.27. The molecule has 2 nitrogen and oxygen atoms in total. The van der Waals surface area contributed by atoms with Crippen LogP contribution in [0.5, 0.6) is 0 Å². The second-order valence-corrected chi connectivity index (χ2v) is 7.36. The first kappa shape index (κ1) is 12.8. The number of fused-ring (bicyclic) bond motifs is 1. The molecule has 1 aromatic heterocycles. The van der Waals surface area contributed by atoms with Crippen LogP contribution in [0.3, 0.4) is 0 Å². The van der Waals surface area contributed by atoms with Gasteiger partial charge < -0.3 is 10.4 Å². The van der Waals surface area contributed by atoms with Gasteiger partial charge in [0.2, 0.25) is 0 Å². The first-order valence-electron chi connectivity index (χ1n) is 5.89. The molecule has 0 radical (unpaired) electrons. The molecule has 2 N–H and O–H groups in total. The van der Waals surface area contributed by atoms with Crippen LogP contribution in [0.25, 0.3) is 0 Å². The predicted molar refractivity (Wildman–Crippen MR) is 77.0 cm³/mol. The minimum Gasteiger partial charge on any atom is -0.395 e. The largest absolute Gasteiger partial charge is 0.395 e. The Morgan fingerprint density at radius 3 is 3.19 bits per heavy atom. The maximum absolute atomic E-state index is 9.25. The Morgan fingerprint density at radius 2 is 2.50 bits per heavy atom. The molecule has 0 amide bonds. The van der Waals surface area contributed by atoms with Crippen molar-refractivity contribution in [1.82, 2.24) is 5.32 Å². The predicted octanol–water partition coefficient (Wildman–Crippen LogP) is 3.09. The molecule has 2 atom stereocenters. The van der Waals surface area contributed by atoms with Gasteiger partial charge in [0.15, 0.2) is 0 Å². The van der Waals surface area contributed by atoms with Gasteiger partial charge >= 0.3 is 0 Å².